The van der Waals surface area contributed by atoms with E-state index in [0.717, 1.165) is 6.07 Å². The van der Waals surface area contributed by atoms with Crippen LogP contribution in [0, 0.1) is 0 Å². The molecule has 0 spiro atoms. The minimum atomic E-state index is -4.40. The third kappa shape index (κ3) is 3.19. The van der Waals surface area contributed by atoms with E-state index in [1.54, 1.807) is 13.0 Å². The number of rotatable bonds is 4. The molecule has 108 valence electrons. The highest BCUT2D eigenvalue weighted by Gasteiger charge is 2.33. The predicted octanol–water partition coefficient (Wildman–Crippen LogP) is 3.38. The van der Waals surface area contributed by atoms with Crippen LogP contribution in [0.25, 0.3) is 0 Å². The molecule has 0 saturated heterocycles. The van der Waals surface area contributed by atoms with E-state index in [0.29, 0.717) is 5.69 Å². The maximum absolute atomic E-state index is 12.9. The third-order valence-electron chi connectivity index (χ3n) is 3.01. The number of halogens is 3. The highest BCUT2D eigenvalue weighted by atomic mass is 19.4. The normalized spacial score (nSPS) is 13.4. The summed E-state index contributed by atoms with van der Waals surface area (Å²) < 4.78 is 43.7. The first kappa shape index (κ1) is 14.6. The summed E-state index contributed by atoms with van der Waals surface area (Å²) in [6.07, 6.45) is -3.06. The van der Waals surface area contributed by atoms with E-state index in [4.69, 9.17) is 9.52 Å². The van der Waals surface area contributed by atoms with Gasteiger partial charge in [-0.15, -0.1) is 0 Å². The van der Waals surface area contributed by atoms with Crippen molar-refractivity contribution in [3.05, 3.63) is 53.2 Å². The molecule has 0 saturated carbocycles. The van der Waals surface area contributed by atoms with Crippen molar-refractivity contribution in [1.82, 2.24) is 4.98 Å². The molecule has 1 aromatic heterocycles. The van der Waals surface area contributed by atoms with E-state index in [1.807, 2.05) is 0 Å². The number of aliphatic hydroxyl groups excluding tert-OH is 1. The van der Waals surface area contributed by atoms with Gasteiger partial charge in [0.05, 0.1) is 17.9 Å². The molecule has 0 fully saturated rings. The highest BCUT2D eigenvalue weighted by Crippen LogP contribution is 2.32. The fourth-order valence-electron chi connectivity index (χ4n) is 1.84. The van der Waals surface area contributed by atoms with Gasteiger partial charge in [-0.05, 0) is 11.6 Å². The second kappa shape index (κ2) is 5.66. The molecule has 6 heteroatoms. The van der Waals surface area contributed by atoms with Crippen molar-refractivity contribution in [2.45, 2.75) is 25.4 Å². The molecular weight excluding hydrogens is 271 g/mol. The standard InChI is InChI=1S/C14H14F3NO2/c1-9(7-19)12-8-20-13(18-12)6-10-4-2-3-5-11(10)14(15,16)17/h2-5,8-9,19H,6-7H2,1H3. The second-order valence-electron chi connectivity index (χ2n) is 4.58. The second-order valence-corrected chi connectivity index (χ2v) is 4.58. The minimum absolute atomic E-state index is 0.0339. The Morgan fingerprint density at radius 1 is 1.30 bits per heavy atom. The Balaban J connectivity index is 2.25. The molecule has 1 unspecified atom stereocenters. The SMILES string of the molecule is CC(CO)c1coc(Cc2ccccc2C(F)(F)F)n1. The van der Waals surface area contributed by atoms with E-state index in [1.165, 1.54) is 18.4 Å². The first-order chi connectivity index (χ1) is 9.41. The first-order valence-electron chi connectivity index (χ1n) is 6.12. The fraction of sp³-hybridized carbons (Fsp3) is 0.357. The van der Waals surface area contributed by atoms with Gasteiger partial charge in [0.15, 0.2) is 5.89 Å². The van der Waals surface area contributed by atoms with E-state index in [2.05, 4.69) is 4.98 Å². The van der Waals surface area contributed by atoms with Crippen LogP contribution in [0.3, 0.4) is 0 Å². The van der Waals surface area contributed by atoms with Crippen LogP contribution >= 0.6 is 0 Å². The molecule has 0 bridgehead atoms. The molecule has 3 nitrogen and oxygen atoms in total. The van der Waals surface area contributed by atoms with Gasteiger partial charge in [0.2, 0.25) is 0 Å². The molecule has 0 aliphatic heterocycles. The summed E-state index contributed by atoms with van der Waals surface area (Å²) in [6, 6.07) is 5.34. The quantitative estimate of drug-likeness (QED) is 0.936. The van der Waals surface area contributed by atoms with Crippen molar-refractivity contribution in [3.8, 4) is 0 Å². The molecule has 1 heterocycles. The third-order valence-corrected chi connectivity index (χ3v) is 3.01. The van der Waals surface area contributed by atoms with Crippen LogP contribution in [0.4, 0.5) is 13.2 Å². The van der Waals surface area contributed by atoms with E-state index in [9.17, 15) is 13.2 Å². The summed E-state index contributed by atoms with van der Waals surface area (Å²) in [6.45, 7) is 1.66. The Kier molecular flexibility index (Phi) is 4.13. The monoisotopic (exact) mass is 285 g/mol. The van der Waals surface area contributed by atoms with Gasteiger partial charge in [0.1, 0.15) is 6.26 Å². The molecule has 20 heavy (non-hydrogen) atoms. The number of nitrogens with zero attached hydrogens (tertiary/aromatic N) is 1. The summed E-state index contributed by atoms with van der Waals surface area (Å²) in [5, 5.41) is 9.01. The van der Waals surface area contributed by atoms with Crippen LogP contribution < -0.4 is 0 Å². The highest BCUT2D eigenvalue weighted by molar-refractivity contribution is 5.31. The molecule has 2 rings (SSSR count). The Hall–Kier alpha value is -1.82. The summed E-state index contributed by atoms with van der Waals surface area (Å²) in [7, 11) is 0. The number of aliphatic hydroxyl groups is 1. The summed E-state index contributed by atoms with van der Waals surface area (Å²) in [4.78, 5) is 4.11. The lowest BCUT2D eigenvalue weighted by Crippen LogP contribution is -2.09. The maximum Gasteiger partial charge on any atom is 0.416 e. The Morgan fingerprint density at radius 3 is 2.65 bits per heavy atom. The maximum atomic E-state index is 12.9. The van der Waals surface area contributed by atoms with Crippen LogP contribution in [0.5, 0.6) is 0 Å². The van der Waals surface area contributed by atoms with E-state index in [-0.39, 0.29) is 30.4 Å². The van der Waals surface area contributed by atoms with Crippen molar-refractivity contribution in [1.29, 1.82) is 0 Å². The molecule has 1 N–H and O–H groups in total. The first-order valence-corrected chi connectivity index (χ1v) is 6.12. The lowest BCUT2D eigenvalue weighted by atomic mass is 10.0. The average Bonchev–Trinajstić information content (AvgIpc) is 2.86. The zero-order valence-corrected chi connectivity index (χ0v) is 10.8. The van der Waals surface area contributed by atoms with Gasteiger partial charge in [0.25, 0.3) is 0 Å². The summed E-state index contributed by atoms with van der Waals surface area (Å²) >= 11 is 0. The van der Waals surface area contributed by atoms with Gasteiger partial charge in [-0.1, -0.05) is 25.1 Å². The van der Waals surface area contributed by atoms with Crippen LogP contribution in [0.15, 0.2) is 34.9 Å². The van der Waals surface area contributed by atoms with Crippen molar-refractivity contribution < 1.29 is 22.7 Å². The van der Waals surface area contributed by atoms with Crippen LogP contribution in [-0.4, -0.2) is 16.7 Å². The van der Waals surface area contributed by atoms with Gasteiger partial charge < -0.3 is 9.52 Å². The lowest BCUT2D eigenvalue weighted by molar-refractivity contribution is -0.138. The minimum Gasteiger partial charge on any atom is -0.448 e. The molecule has 0 aliphatic carbocycles. The number of oxazole rings is 1. The van der Waals surface area contributed by atoms with Gasteiger partial charge >= 0.3 is 6.18 Å². The number of alkyl halides is 3. The zero-order chi connectivity index (χ0) is 14.8. The Bertz CT molecular complexity index is 578. The van der Waals surface area contributed by atoms with Gasteiger partial charge in [-0.2, -0.15) is 13.2 Å². The topological polar surface area (TPSA) is 46.3 Å². The molecule has 0 aliphatic rings. The zero-order valence-electron chi connectivity index (χ0n) is 10.8. The number of hydrogen-bond acceptors (Lipinski definition) is 3. The van der Waals surface area contributed by atoms with Crippen molar-refractivity contribution >= 4 is 0 Å². The molecular formula is C14H14F3NO2. The predicted molar refractivity (Wildman–Crippen MR) is 66.3 cm³/mol. The lowest BCUT2D eigenvalue weighted by Gasteiger charge is -2.11. The van der Waals surface area contributed by atoms with Gasteiger partial charge in [-0.3, -0.25) is 0 Å². The van der Waals surface area contributed by atoms with Crippen molar-refractivity contribution in [2.75, 3.05) is 6.61 Å². The van der Waals surface area contributed by atoms with Crippen LogP contribution in [0.1, 0.15) is 35.6 Å². The summed E-state index contributed by atoms with van der Waals surface area (Å²) in [5.74, 6) is 0.00219. The van der Waals surface area contributed by atoms with Gasteiger partial charge in [0, 0.05) is 12.3 Å². The number of aromatic nitrogens is 1. The van der Waals surface area contributed by atoms with Crippen LogP contribution in [-0.2, 0) is 12.6 Å². The van der Waals surface area contributed by atoms with Crippen molar-refractivity contribution in [2.24, 2.45) is 0 Å². The molecule has 0 radical (unpaired) electrons. The molecule has 1 atom stereocenters. The van der Waals surface area contributed by atoms with Gasteiger partial charge in [-0.25, -0.2) is 4.98 Å². The van der Waals surface area contributed by atoms with Crippen LogP contribution in [0.2, 0.25) is 0 Å². The van der Waals surface area contributed by atoms with E-state index < -0.39 is 11.7 Å². The largest absolute Gasteiger partial charge is 0.448 e. The van der Waals surface area contributed by atoms with E-state index >= 15 is 0 Å². The molecule has 1 aromatic carbocycles. The number of benzene rings is 1. The smallest absolute Gasteiger partial charge is 0.416 e. The number of hydrogen-bond donors (Lipinski definition) is 1. The Labute approximate surface area is 114 Å². The molecule has 0 amide bonds. The summed E-state index contributed by atoms with van der Waals surface area (Å²) in [5.41, 5.74) is -0.0352. The van der Waals surface area contributed by atoms with Crippen molar-refractivity contribution in [3.63, 3.8) is 0 Å². The Morgan fingerprint density at radius 2 is 2.00 bits per heavy atom. The average molecular weight is 285 g/mol. The molecule has 2 aromatic rings. The fourth-order valence-corrected chi connectivity index (χ4v) is 1.84.